The second-order valence-electron chi connectivity index (χ2n) is 18.5. The van der Waals surface area contributed by atoms with Gasteiger partial charge in [0.05, 0.1) is 0 Å². The molecule has 0 bridgehead atoms. The Morgan fingerprint density at radius 2 is 0.541 bits per heavy atom. The summed E-state index contributed by atoms with van der Waals surface area (Å²) in [4.78, 5) is 38.0. The highest BCUT2D eigenvalue weighted by Crippen LogP contribution is 2.17. The summed E-state index contributed by atoms with van der Waals surface area (Å²) in [5.74, 6) is -0.859. The van der Waals surface area contributed by atoms with Crippen LogP contribution in [0.4, 0.5) is 0 Å². The molecule has 6 heteroatoms. The number of allylic oxidation sites excluding steroid dienone is 2. The topological polar surface area (TPSA) is 78.9 Å². The average molecular weight is 861 g/mol. The number of hydrogen-bond acceptors (Lipinski definition) is 6. The highest BCUT2D eigenvalue weighted by atomic mass is 16.6. The van der Waals surface area contributed by atoms with Crippen LogP contribution in [0.15, 0.2) is 12.2 Å². The molecule has 0 heterocycles. The minimum atomic E-state index is -0.767. The van der Waals surface area contributed by atoms with Gasteiger partial charge in [-0.15, -0.1) is 0 Å². The van der Waals surface area contributed by atoms with Gasteiger partial charge in [0.15, 0.2) is 6.10 Å². The molecule has 1 atom stereocenters. The van der Waals surface area contributed by atoms with Crippen molar-refractivity contribution >= 4 is 17.9 Å². The molecule has 0 aromatic rings. The van der Waals surface area contributed by atoms with Crippen LogP contribution in [-0.2, 0) is 28.6 Å². The van der Waals surface area contributed by atoms with E-state index in [1.54, 1.807) is 0 Å². The summed E-state index contributed by atoms with van der Waals surface area (Å²) in [6, 6.07) is 0. The largest absolute Gasteiger partial charge is 0.462 e. The molecule has 0 spiro atoms. The molecule has 0 aromatic carbocycles. The van der Waals surface area contributed by atoms with E-state index in [9.17, 15) is 14.4 Å². The number of hydrogen-bond donors (Lipinski definition) is 0. The van der Waals surface area contributed by atoms with Gasteiger partial charge in [-0.1, -0.05) is 251 Å². The normalized spacial score (nSPS) is 12.0. The fraction of sp³-hybridized carbons (Fsp3) is 0.909. The number of esters is 3. The first-order valence-corrected chi connectivity index (χ1v) is 27.2. The van der Waals surface area contributed by atoms with Gasteiger partial charge in [0, 0.05) is 19.3 Å². The van der Waals surface area contributed by atoms with Crippen molar-refractivity contribution in [1.82, 2.24) is 0 Å². The van der Waals surface area contributed by atoms with E-state index in [0.717, 1.165) is 64.2 Å². The molecule has 0 aliphatic heterocycles. The van der Waals surface area contributed by atoms with E-state index in [-0.39, 0.29) is 31.1 Å². The monoisotopic (exact) mass is 861 g/mol. The molecule has 0 aliphatic rings. The lowest BCUT2D eigenvalue weighted by Crippen LogP contribution is -2.30. The SMILES string of the molecule is CCCCCC/C=C\CCCCCCCC(=O)OC(COC(=O)CCCCCCCCCCCCC)COC(=O)CCCCCCCCCCCCCCCCCCCCC. The molecule has 0 N–H and O–H groups in total. The Morgan fingerprint density at radius 3 is 0.836 bits per heavy atom. The van der Waals surface area contributed by atoms with E-state index in [2.05, 4.69) is 32.9 Å². The van der Waals surface area contributed by atoms with E-state index in [1.807, 2.05) is 0 Å². The lowest BCUT2D eigenvalue weighted by Gasteiger charge is -2.18. The molecule has 360 valence electrons. The van der Waals surface area contributed by atoms with Crippen molar-refractivity contribution < 1.29 is 28.6 Å². The summed E-state index contributed by atoms with van der Waals surface area (Å²) in [5, 5.41) is 0. The highest BCUT2D eigenvalue weighted by molar-refractivity contribution is 5.71. The summed E-state index contributed by atoms with van der Waals surface area (Å²) in [6.07, 6.45) is 56.3. The minimum Gasteiger partial charge on any atom is -0.462 e. The van der Waals surface area contributed by atoms with E-state index in [1.165, 1.54) is 199 Å². The third-order valence-corrected chi connectivity index (χ3v) is 12.3. The fourth-order valence-corrected chi connectivity index (χ4v) is 8.14. The molecule has 0 aliphatic carbocycles. The molecule has 0 radical (unpaired) electrons. The molecule has 0 rings (SSSR count). The molecular formula is C55H104O6. The second kappa shape index (κ2) is 50.8. The van der Waals surface area contributed by atoms with Gasteiger partial charge in [0.1, 0.15) is 13.2 Å². The first kappa shape index (κ1) is 59.1. The molecule has 6 nitrogen and oxygen atoms in total. The predicted molar refractivity (Wildman–Crippen MR) is 261 cm³/mol. The third-order valence-electron chi connectivity index (χ3n) is 12.3. The molecular weight excluding hydrogens is 757 g/mol. The van der Waals surface area contributed by atoms with Crippen LogP contribution in [-0.4, -0.2) is 37.2 Å². The van der Waals surface area contributed by atoms with Gasteiger partial charge in [0.25, 0.3) is 0 Å². The predicted octanol–water partition coefficient (Wildman–Crippen LogP) is 17.8. The quantitative estimate of drug-likeness (QED) is 0.0262. The zero-order valence-electron chi connectivity index (χ0n) is 41.2. The van der Waals surface area contributed by atoms with Crippen LogP contribution in [0.2, 0.25) is 0 Å². The van der Waals surface area contributed by atoms with E-state index < -0.39 is 6.10 Å². The zero-order chi connectivity index (χ0) is 44.4. The van der Waals surface area contributed by atoms with Gasteiger partial charge in [-0.3, -0.25) is 14.4 Å². The lowest BCUT2D eigenvalue weighted by molar-refractivity contribution is -0.167. The van der Waals surface area contributed by atoms with Crippen LogP contribution in [0.1, 0.15) is 303 Å². The number of unbranched alkanes of at least 4 members (excludes halogenated alkanes) is 37. The van der Waals surface area contributed by atoms with Crippen molar-refractivity contribution in [3.05, 3.63) is 12.2 Å². The van der Waals surface area contributed by atoms with Crippen molar-refractivity contribution in [1.29, 1.82) is 0 Å². The standard InChI is InChI=1S/C55H104O6/c1-4-7-10-13-16-19-22-24-25-26-27-28-29-31-33-36-39-42-45-48-54(57)60-51-52(50-59-53(56)47-44-41-38-35-32-21-18-15-12-9-6-3)61-55(58)49-46-43-40-37-34-30-23-20-17-14-11-8-5-2/h20,23,52H,4-19,21-22,24-51H2,1-3H3/b23-20-. The summed E-state index contributed by atoms with van der Waals surface area (Å²) in [7, 11) is 0. The van der Waals surface area contributed by atoms with E-state index in [0.29, 0.717) is 19.3 Å². The molecule has 1 unspecified atom stereocenters. The second-order valence-corrected chi connectivity index (χ2v) is 18.5. The van der Waals surface area contributed by atoms with E-state index >= 15 is 0 Å². The first-order chi connectivity index (χ1) is 30.0. The van der Waals surface area contributed by atoms with Gasteiger partial charge in [0.2, 0.25) is 0 Å². The Bertz CT molecular complexity index is 947. The molecule has 0 amide bonds. The maximum Gasteiger partial charge on any atom is 0.306 e. The van der Waals surface area contributed by atoms with Crippen molar-refractivity contribution in [2.24, 2.45) is 0 Å². The summed E-state index contributed by atoms with van der Waals surface area (Å²) >= 11 is 0. The van der Waals surface area contributed by atoms with Crippen LogP contribution in [0.5, 0.6) is 0 Å². The van der Waals surface area contributed by atoms with Crippen molar-refractivity contribution in [3.8, 4) is 0 Å². The third kappa shape index (κ3) is 49.0. The van der Waals surface area contributed by atoms with Crippen LogP contribution in [0.3, 0.4) is 0 Å². The summed E-state index contributed by atoms with van der Waals surface area (Å²) in [6.45, 7) is 6.65. The summed E-state index contributed by atoms with van der Waals surface area (Å²) in [5.41, 5.74) is 0. The zero-order valence-corrected chi connectivity index (χ0v) is 41.2. The lowest BCUT2D eigenvalue weighted by atomic mass is 10.0. The van der Waals surface area contributed by atoms with Crippen LogP contribution >= 0.6 is 0 Å². The fourth-order valence-electron chi connectivity index (χ4n) is 8.14. The van der Waals surface area contributed by atoms with Gasteiger partial charge in [-0.25, -0.2) is 0 Å². The van der Waals surface area contributed by atoms with Gasteiger partial charge in [-0.2, -0.15) is 0 Å². The molecule has 0 saturated heterocycles. The Balaban J connectivity index is 4.26. The smallest absolute Gasteiger partial charge is 0.306 e. The average Bonchev–Trinajstić information content (AvgIpc) is 3.26. The van der Waals surface area contributed by atoms with Crippen LogP contribution in [0, 0.1) is 0 Å². The molecule has 61 heavy (non-hydrogen) atoms. The van der Waals surface area contributed by atoms with Crippen molar-refractivity contribution in [2.45, 2.75) is 309 Å². The Morgan fingerprint density at radius 1 is 0.311 bits per heavy atom. The van der Waals surface area contributed by atoms with Gasteiger partial charge < -0.3 is 14.2 Å². The van der Waals surface area contributed by atoms with Gasteiger partial charge >= 0.3 is 17.9 Å². The molecule has 0 aromatic heterocycles. The number of rotatable bonds is 50. The number of carbonyl (C=O) groups excluding carboxylic acids is 3. The van der Waals surface area contributed by atoms with Gasteiger partial charge in [-0.05, 0) is 44.9 Å². The van der Waals surface area contributed by atoms with Crippen molar-refractivity contribution in [3.63, 3.8) is 0 Å². The summed E-state index contributed by atoms with van der Waals surface area (Å²) < 4.78 is 16.8. The number of carbonyl (C=O) groups is 3. The maximum absolute atomic E-state index is 12.8. The number of ether oxygens (including phenoxy) is 3. The highest BCUT2D eigenvalue weighted by Gasteiger charge is 2.19. The molecule has 0 fully saturated rings. The Kier molecular flexibility index (Phi) is 49.3. The first-order valence-electron chi connectivity index (χ1n) is 27.2. The van der Waals surface area contributed by atoms with Crippen LogP contribution < -0.4 is 0 Å². The molecule has 0 saturated carbocycles. The minimum absolute atomic E-state index is 0.0679. The van der Waals surface area contributed by atoms with Crippen LogP contribution in [0.25, 0.3) is 0 Å². The Hall–Kier alpha value is -1.85. The Labute approximate surface area is 380 Å². The van der Waals surface area contributed by atoms with E-state index in [4.69, 9.17) is 14.2 Å². The van der Waals surface area contributed by atoms with Crippen molar-refractivity contribution in [2.75, 3.05) is 13.2 Å². The maximum atomic E-state index is 12.8.